The summed E-state index contributed by atoms with van der Waals surface area (Å²) in [5.74, 6) is 0.110. The first kappa shape index (κ1) is 20.4. The van der Waals surface area contributed by atoms with Crippen LogP contribution in [0.15, 0.2) is 40.6 Å². The van der Waals surface area contributed by atoms with E-state index in [0.29, 0.717) is 24.8 Å². The Labute approximate surface area is 158 Å². The summed E-state index contributed by atoms with van der Waals surface area (Å²) in [5.41, 5.74) is 0.834. The molecule has 10 heteroatoms. The Morgan fingerprint density at radius 1 is 1.23 bits per heavy atom. The maximum absolute atomic E-state index is 12.4. The molecule has 2 rings (SSSR count). The third-order valence-electron chi connectivity index (χ3n) is 3.76. The van der Waals surface area contributed by atoms with Crippen LogP contribution >= 0.6 is 11.8 Å². The highest BCUT2D eigenvalue weighted by Gasteiger charge is 2.21. The molecule has 0 unspecified atom stereocenters. The number of thioether (sulfide) groups is 1. The monoisotopic (exact) mass is 397 g/mol. The van der Waals surface area contributed by atoms with Crippen LogP contribution in [0.1, 0.15) is 19.4 Å². The number of aryl methyl sites for hydroxylation is 1. The van der Waals surface area contributed by atoms with Gasteiger partial charge in [-0.15, -0.1) is 10.2 Å². The Hall–Kier alpha value is -1.91. The molecule has 0 bridgehead atoms. The third-order valence-corrected chi connectivity index (χ3v) is 6.86. The fraction of sp³-hybridized carbons (Fsp3) is 0.438. The van der Waals surface area contributed by atoms with Crippen LogP contribution in [-0.2, 0) is 28.4 Å². The van der Waals surface area contributed by atoms with Crippen LogP contribution in [0.2, 0.25) is 0 Å². The van der Waals surface area contributed by atoms with Crippen molar-refractivity contribution in [1.29, 1.82) is 0 Å². The lowest BCUT2D eigenvalue weighted by atomic mass is 10.2. The quantitative estimate of drug-likeness (QED) is 0.640. The molecule has 1 N–H and O–H groups in total. The molecule has 1 aromatic carbocycles. The lowest BCUT2D eigenvalue weighted by Gasteiger charge is -2.18. The van der Waals surface area contributed by atoms with Gasteiger partial charge in [-0.2, -0.15) is 4.31 Å². The summed E-state index contributed by atoms with van der Waals surface area (Å²) in [6, 6.07) is 6.58. The van der Waals surface area contributed by atoms with Gasteiger partial charge in [0.2, 0.25) is 15.9 Å². The van der Waals surface area contributed by atoms with Gasteiger partial charge in [0.05, 0.1) is 10.6 Å². The van der Waals surface area contributed by atoms with E-state index in [-0.39, 0.29) is 16.6 Å². The molecule has 0 saturated carbocycles. The van der Waals surface area contributed by atoms with Crippen LogP contribution < -0.4 is 5.32 Å². The van der Waals surface area contributed by atoms with Crippen molar-refractivity contribution in [3.63, 3.8) is 0 Å². The van der Waals surface area contributed by atoms with Gasteiger partial charge in [0.25, 0.3) is 0 Å². The van der Waals surface area contributed by atoms with E-state index in [0.717, 1.165) is 5.56 Å². The zero-order chi connectivity index (χ0) is 19.2. The first-order chi connectivity index (χ1) is 12.4. The van der Waals surface area contributed by atoms with Crippen LogP contribution in [0.25, 0.3) is 0 Å². The molecule has 8 nitrogen and oxygen atoms in total. The van der Waals surface area contributed by atoms with E-state index in [4.69, 9.17) is 0 Å². The number of hydrogen-bond donors (Lipinski definition) is 1. The summed E-state index contributed by atoms with van der Waals surface area (Å²) in [7, 11) is -1.65. The molecular weight excluding hydrogens is 374 g/mol. The number of carbonyl (C=O) groups is 1. The topological polar surface area (TPSA) is 97.2 Å². The third kappa shape index (κ3) is 5.05. The van der Waals surface area contributed by atoms with E-state index >= 15 is 0 Å². The van der Waals surface area contributed by atoms with E-state index < -0.39 is 10.0 Å². The number of nitrogens with zero attached hydrogens (tertiary/aromatic N) is 4. The fourth-order valence-electron chi connectivity index (χ4n) is 2.28. The minimum atomic E-state index is -3.46. The Balaban J connectivity index is 1.89. The zero-order valence-electron chi connectivity index (χ0n) is 15.0. The number of benzene rings is 1. The van der Waals surface area contributed by atoms with E-state index in [1.54, 1.807) is 35.2 Å². The minimum Gasteiger partial charge on any atom is -0.351 e. The van der Waals surface area contributed by atoms with Gasteiger partial charge < -0.3 is 9.88 Å². The number of amides is 1. The van der Waals surface area contributed by atoms with E-state index in [1.807, 2.05) is 20.9 Å². The average Bonchev–Trinajstić information content (AvgIpc) is 3.04. The van der Waals surface area contributed by atoms with Gasteiger partial charge in [0.1, 0.15) is 6.33 Å². The predicted octanol–water partition coefficient (Wildman–Crippen LogP) is 1.25. The summed E-state index contributed by atoms with van der Waals surface area (Å²) in [6.45, 7) is 4.82. The Kier molecular flexibility index (Phi) is 7.18. The van der Waals surface area contributed by atoms with Crippen molar-refractivity contribution in [3.8, 4) is 0 Å². The molecule has 1 amide bonds. The second kappa shape index (κ2) is 9.15. The highest BCUT2D eigenvalue weighted by Crippen LogP contribution is 2.16. The van der Waals surface area contributed by atoms with Gasteiger partial charge in [-0.25, -0.2) is 8.42 Å². The molecule has 0 fully saturated rings. The summed E-state index contributed by atoms with van der Waals surface area (Å²) in [6.07, 6.45) is 1.58. The van der Waals surface area contributed by atoms with Gasteiger partial charge >= 0.3 is 0 Å². The number of carbonyl (C=O) groups excluding carboxylic acids is 1. The van der Waals surface area contributed by atoms with Crippen LogP contribution in [0.5, 0.6) is 0 Å². The molecule has 0 radical (unpaired) electrons. The van der Waals surface area contributed by atoms with Gasteiger partial charge in [-0.1, -0.05) is 37.7 Å². The number of rotatable bonds is 9. The lowest BCUT2D eigenvalue weighted by Crippen LogP contribution is -2.30. The van der Waals surface area contributed by atoms with Crippen LogP contribution in [0.4, 0.5) is 0 Å². The lowest BCUT2D eigenvalue weighted by molar-refractivity contribution is -0.118. The fourth-order valence-corrected chi connectivity index (χ4v) is 4.45. The second-order valence-corrected chi connectivity index (χ2v) is 8.40. The Bertz CT molecular complexity index is 830. The van der Waals surface area contributed by atoms with Crippen molar-refractivity contribution in [2.24, 2.45) is 7.05 Å². The van der Waals surface area contributed by atoms with Crippen molar-refractivity contribution in [2.45, 2.75) is 30.4 Å². The smallest absolute Gasteiger partial charge is 0.243 e. The van der Waals surface area contributed by atoms with Gasteiger partial charge in [0.15, 0.2) is 5.16 Å². The first-order valence-corrected chi connectivity index (χ1v) is 10.6. The summed E-state index contributed by atoms with van der Waals surface area (Å²) in [5, 5.41) is 11.1. The van der Waals surface area contributed by atoms with Gasteiger partial charge in [-0.3, -0.25) is 4.79 Å². The first-order valence-electron chi connectivity index (χ1n) is 8.21. The van der Waals surface area contributed by atoms with Crippen LogP contribution in [0, 0.1) is 0 Å². The largest absolute Gasteiger partial charge is 0.351 e. The second-order valence-electron chi connectivity index (χ2n) is 5.52. The number of nitrogens with one attached hydrogen (secondary N) is 1. The number of aromatic nitrogens is 3. The van der Waals surface area contributed by atoms with E-state index in [1.165, 1.54) is 16.1 Å². The van der Waals surface area contributed by atoms with Gasteiger partial charge in [-0.05, 0) is 17.7 Å². The number of sulfonamides is 1. The molecule has 0 aliphatic rings. The standard InChI is InChI=1S/C16H23N5O3S2/c1-4-21(5-2)26(23,24)14-8-6-13(7-9-14)10-17-15(22)11-25-16-19-18-12-20(16)3/h6-9,12H,4-5,10-11H2,1-3H3,(H,17,22). The average molecular weight is 398 g/mol. The summed E-state index contributed by atoms with van der Waals surface area (Å²) < 4.78 is 28.0. The van der Waals surface area contributed by atoms with E-state index in [2.05, 4.69) is 15.5 Å². The normalized spacial score (nSPS) is 11.7. The molecule has 0 spiro atoms. The van der Waals surface area contributed by atoms with Gasteiger partial charge in [0, 0.05) is 26.7 Å². The maximum atomic E-state index is 12.4. The SMILES string of the molecule is CCN(CC)S(=O)(=O)c1ccc(CNC(=O)CSc2nncn2C)cc1. The molecule has 142 valence electrons. The molecule has 1 aromatic heterocycles. The van der Waals surface area contributed by atoms with Crippen molar-refractivity contribution >= 4 is 27.7 Å². The maximum Gasteiger partial charge on any atom is 0.243 e. The zero-order valence-corrected chi connectivity index (χ0v) is 16.7. The Morgan fingerprint density at radius 3 is 2.42 bits per heavy atom. The molecule has 0 aliphatic carbocycles. The highest BCUT2D eigenvalue weighted by atomic mass is 32.2. The van der Waals surface area contributed by atoms with Crippen LogP contribution in [-0.4, -0.2) is 52.2 Å². The molecule has 0 aliphatic heterocycles. The highest BCUT2D eigenvalue weighted by molar-refractivity contribution is 7.99. The molecular formula is C16H23N5O3S2. The molecule has 2 aromatic rings. The van der Waals surface area contributed by atoms with Crippen molar-refractivity contribution in [2.75, 3.05) is 18.8 Å². The predicted molar refractivity (Wildman–Crippen MR) is 100 cm³/mol. The molecule has 0 saturated heterocycles. The molecule has 1 heterocycles. The van der Waals surface area contributed by atoms with Crippen LogP contribution in [0.3, 0.4) is 0 Å². The van der Waals surface area contributed by atoms with Crippen molar-refractivity contribution < 1.29 is 13.2 Å². The van der Waals surface area contributed by atoms with E-state index in [9.17, 15) is 13.2 Å². The summed E-state index contributed by atoms with van der Waals surface area (Å²) in [4.78, 5) is 12.2. The van der Waals surface area contributed by atoms with Crippen molar-refractivity contribution in [1.82, 2.24) is 24.4 Å². The molecule has 26 heavy (non-hydrogen) atoms. The molecule has 0 atom stereocenters. The van der Waals surface area contributed by atoms with Crippen molar-refractivity contribution in [3.05, 3.63) is 36.2 Å². The summed E-state index contributed by atoms with van der Waals surface area (Å²) >= 11 is 1.30. The minimum absolute atomic E-state index is 0.127. The number of hydrogen-bond acceptors (Lipinski definition) is 6. The Morgan fingerprint density at radius 2 is 1.88 bits per heavy atom.